The quantitative estimate of drug-likeness (QED) is 0.519. The molecule has 0 aromatic rings. The van der Waals surface area contributed by atoms with E-state index in [9.17, 15) is 0 Å². The third-order valence-electron chi connectivity index (χ3n) is 6.41. The normalized spacial score (nSPS) is 31.0. The monoisotopic (exact) mass is 282 g/mol. The van der Waals surface area contributed by atoms with E-state index in [-0.39, 0.29) is 0 Å². The first-order valence-corrected chi connectivity index (χ1v) is 9.55. The van der Waals surface area contributed by atoms with Gasteiger partial charge in [0.25, 0.3) is 0 Å². The molecule has 4 aliphatic carbocycles. The molecule has 1 unspecified atom stereocenters. The van der Waals surface area contributed by atoms with Crippen molar-refractivity contribution in [2.24, 2.45) is 11.8 Å². The second kappa shape index (κ2) is 6.15. The van der Waals surface area contributed by atoms with E-state index < -0.39 is 0 Å². The fourth-order valence-corrected chi connectivity index (χ4v) is 5.40. The molecule has 4 aliphatic rings. The predicted octanol–water partition coefficient (Wildman–Crippen LogP) is 6.49. The highest BCUT2D eigenvalue weighted by Gasteiger charge is 2.34. The zero-order valence-corrected chi connectivity index (χ0v) is 13.5. The summed E-state index contributed by atoms with van der Waals surface area (Å²) >= 11 is 0. The van der Waals surface area contributed by atoms with Gasteiger partial charge in [0.15, 0.2) is 0 Å². The first-order chi connectivity index (χ1) is 10.4. The van der Waals surface area contributed by atoms with Crippen LogP contribution < -0.4 is 0 Å². The Labute approximate surface area is 130 Å². The van der Waals surface area contributed by atoms with Crippen LogP contribution in [0, 0.1) is 11.8 Å². The summed E-state index contributed by atoms with van der Waals surface area (Å²) in [5, 5.41) is 0. The summed E-state index contributed by atoms with van der Waals surface area (Å²) in [6.45, 7) is 0. The van der Waals surface area contributed by atoms with Gasteiger partial charge in [-0.15, -0.1) is 0 Å². The summed E-state index contributed by atoms with van der Waals surface area (Å²) in [5.74, 6) is 1.78. The van der Waals surface area contributed by atoms with Gasteiger partial charge < -0.3 is 0 Å². The third-order valence-corrected chi connectivity index (χ3v) is 6.41. The first kappa shape index (κ1) is 13.9. The highest BCUT2D eigenvalue weighted by atomic mass is 14.4. The zero-order valence-electron chi connectivity index (χ0n) is 13.5. The summed E-state index contributed by atoms with van der Waals surface area (Å²) < 4.78 is 0. The van der Waals surface area contributed by atoms with Crippen molar-refractivity contribution in [2.45, 2.75) is 83.5 Å². The van der Waals surface area contributed by atoms with Gasteiger partial charge in [0.2, 0.25) is 0 Å². The zero-order chi connectivity index (χ0) is 14.1. The minimum atomic E-state index is 0.826. The van der Waals surface area contributed by atoms with Crippen molar-refractivity contribution in [1.29, 1.82) is 0 Å². The lowest BCUT2D eigenvalue weighted by Gasteiger charge is -2.24. The molecular weight excluding hydrogens is 252 g/mol. The van der Waals surface area contributed by atoms with Crippen LogP contribution in [0.25, 0.3) is 0 Å². The molecule has 0 spiro atoms. The third kappa shape index (κ3) is 2.67. The van der Waals surface area contributed by atoms with Gasteiger partial charge >= 0.3 is 0 Å². The molecule has 0 aromatic heterocycles. The van der Waals surface area contributed by atoms with Crippen LogP contribution in [0.2, 0.25) is 0 Å². The highest BCUT2D eigenvalue weighted by molar-refractivity contribution is 5.46. The average Bonchev–Trinajstić information content (AvgIpc) is 3.27. The van der Waals surface area contributed by atoms with E-state index in [0.717, 1.165) is 11.8 Å². The molecule has 0 heteroatoms. The molecule has 1 fully saturated rings. The lowest BCUT2D eigenvalue weighted by molar-refractivity contribution is 0.613. The van der Waals surface area contributed by atoms with Crippen LogP contribution in [0.3, 0.4) is 0 Å². The fourth-order valence-electron chi connectivity index (χ4n) is 5.40. The second-order valence-corrected chi connectivity index (χ2v) is 7.66. The minimum Gasteiger partial charge on any atom is -0.0847 e. The summed E-state index contributed by atoms with van der Waals surface area (Å²) in [6.07, 6.45) is 23.7. The topological polar surface area (TPSA) is 0 Å². The van der Waals surface area contributed by atoms with Crippen LogP contribution in [0.15, 0.2) is 34.4 Å². The molecule has 0 nitrogen and oxygen atoms in total. The van der Waals surface area contributed by atoms with Crippen LogP contribution in [0.1, 0.15) is 83.5 Å². The van der Waals surface area contributed by atoms with Crippen LogP contribution in [0.5, 0.6) is 0 Å². The molecule has 0 saturated heterocycles. The lowest BCUT2D eigenvalue weighted by atomic mass is 9.81. The Morgan fingerprint density at radius 1 is 0.714 bits per heavy atom. The van der Waals surface area contributed by atoms with Crippen LogP contribution in [-0.2, 0) is 0 Å². The van der Waals surface area contributed by atoms with E-state index in [4.69, 9.17) is 0 Å². The molecule has 0 radical (unpaired) electrons. The van der Waals surface area contributed by atoms with Crippen molar-refractivity contribution in [3.05, 3.63) is 34.4 Å². The van der Waals surface area contributed by atoms with Gasteiger partial charge in [-0.3, -0.25) is 0 Å². The van der Waals surface area contributed by atoms with Crippen molar-refractivity contribution in [2.75, 3.05) is 0 Å². The second-order valence-electron chi connectivity index (χ2n) is 7.66. The van der Waals surface area contributed by atoms with Crippen molar-refractivity contribution in [1.82, 2.24) is 0 Å². The molecule has 0 N–H and O–H groups in total. The maximum atomic E-state index is 2.61. The first-order valence-electron chi connectivity index (χ1n) is 9.55. The maximum Gasteiger partial charge on any atom is 0.00534 e. The lowest BCUT2D eigenvalue weighted by Crippen LogP contribution is -2.09. The summed E-state index contributed by atoms with van der Waals surface area (Å²) in [6, 6.07) is 0. The minimum absolute atomic E-state index is 0.826. The molecule has 0 aromatic carbocycles. The maximum absolute atomic E-state index is 2.61. The van der Waals surface area contributed by atoms with Gasteiger partial charge in [0.05, 0.1) is 0 Å². The number of hydrogen-bond donors (Lipinski definition) is 0. The smallest absolute Gasteiger partial charge is 0.00534 e. The summed E-state index contributed by atoms with van der Waals surface area (Å²) in [7, 11) is 0. The summed E-state index contributed by atoms with van der Waals surface area (Å²) in [5.41, 5.74) is 7.37. The average molecular weight is 282 g/mol. The largest absolute Gasteiger partial charge is 0.0847 e. The van der Waals surface area contributed by atoms with E-state index >= 15 is 0 Å². The molecule has 114 valence electrons. The Bertz CT molecular complexity index is 482. The fraction of sp³-hybridized carbons (Fsp3) is 0.714. The van der Waals surface area contributed by atoms with E-state index in [1.807, 2.05) is 16.7 Å². The van der Waals surface area contributed by atoms with Gasteiger partial charge in [-0.05, 0) is 87.7 Å². The van der Waals surface area contributed by atoms with Crippen molar-refractivity contribution >= 4 is 0 Å². The van der Waals surface area contributed by atoms with Gasteiger partial charge in [0.1, 0.15) is 0 Å². The SMILES string of the molecule is C1=C(C2=C(C3CCCC3)CCC2C2=CCCC2)CCCC1. The van der Waals surface area contributed by atoms with Crippen LogP contribution in [-0.4, -0.2) is 0 Å². The molecule has 0 aliphatic heterocycles. The Hall–Kier alpha value is -0.780. The van der Waals surface area contributed by atoms with Crippen molar-refractivity contribution in [3.8, 4) is 0 Å². The number of hydrogen-bond acceptors (Lipinski definition) is 0. The number of allylic oxidation sites excluding steroid dienone is 6. The van der Waals surface area contributed by atoms with E-state index in [1.165, 1.54) is 83.5 Å². The molecule has 0 heterocycles. The summed E-state index contributed by atoms with van der Waals surface area (Å²) in [4.78, 5) is 0. The molecule has 21 heavy (non-hydrogen) atoms. The number of rotatable bonds is 3. The standard InChI is InChI=1S/C21H30/c1-2-12-18(13-3-1)21-19(16-8-4-5-9-16)14-15-20(21)17-10-6-7-11-17/h8,12,17,19H,1-7,9-11,13-15H2. The van der Waals surface area contributed by atoms with E-state index in [1.54, 1.807) is 5.57 Å². The van der Waals surface area contributed by atoms with Gasteiger partial charge in [-0.25, -0.2) is 0 Å². The molecule has 0 bridgehead atoms. The van der Waals surface area contributed by atoms with Crippen molar-refractivity contribution < 1.29 is 0 Å². The van der Waals surface area contributed by atoms with Gasteiger partial charge in [-0.1, -0.05) is 36.1 Å². The molecule has 1 saturated carbocycles. The Morgan fingerprint density at radius 2 is 1.57 bits per heavy atom. The Balaban J connectivity index is 1.70. The molecule has 0 amide bonds. The van der Waals surface area contributed by atoms with Crippen LogP contribution >= 0.6 is 0 Å². The van der Waals surface area contributed by atoms with Crippen LogP contribution in [0.4, 0.5) is 0 Å². The Kier molecular flexibility index (Phi) is 4.05. The van der Waals surface area contributed by atoms with E-state index in [2.05, 4.69) is 12.2 Å². The Morgan fingerprint density at radius 3 is 2.29 bits per heavy atom. The molecular formula is C21H30. The van der Waals surface area contributed by atoms with Gasteiger partial charge in [0, 0.05) is 5.92 Å². The van der Waals surface area contributed by atoms with E-state index in [0.29, 0.717) is 0 Å². The molecule has 1 atom stereocenters. The van der Waals surface area contributed by atoms with Gasteiger partial charge in [-0.2, -0.15) is 0 Å². The van der Waals surface area contributed by atoms with Crippen molar-refractivity contribution in [3.63, 3.8) is 0 Å². The predicted molar refractivity (Wildman–Crippen MR) is 90.2 cm³/mol. The highest BCUT2D eigenvalue weighted by Crippen LogP contribution is 2.50. The molecule has 4 rings (SSSR count).